The van der Waals surface area contributed by atoms with E-state index in [9.17, 15) is 9.59 Å². The van der Waals surface area contributed by atoms with Crippen LogP contribution in [0.5, 0.6) is 0 Å². The molecular formula is C16H31N3O2. The van der Waals surface area contributed by atoms with Crippen molar-refractivity contribution in [3.63, 3.8) is 0 Å². The highest BCUT2D eigenvalue weighted by Crippen LogP contribution is 2.14. The second-order valence-electron chi connectivity index (χ2n) is 6.41. The number of carbonyl (C=O) groups excluding carboxylic acids is 2. The lowest BCUT2D eigenvalue weighted by molar-refractivity contribution is -0.139. The summed E-state index contributed by atoms with van der Waals surface area (Å²) in [6.07, 6.45) is 2.91. The van der Waals surface area contributed by atoms with Crippen LogP contribution in [0.25, 0.3) is 0 Å². The van der Waals surface area contributed by atoms with Crippen molar-refractivity contribution in [2.24, 2.45) is 0 Å². The molecule has 1 rings (SSSR count). The van der Waals surface area contributed by atoms with Crippen LogP contribution in [0.1, 0.15) is 53.9 Å². The minimum Gasteiger partial charge on any atom is -0.353 e. The van der Waals surface area contributed by atoms with Crippen LogP contribution in [-0.2, 0) is 9.59 Å². The molecule has 0 radical (unpaired) electrons. The van der Waals surface area contributed by atoms with Crippen LogP contribution in [0.2, 0.25) is 0 Å². The molecule has 1 heterocycles. The highest BCUT2D eigenvalue weighted by atomic mass is 16.2. The van der Waals surface area contributed by atoms with Crippen molar-refractivity contribution < 1.29 is 9.59 Å². The molecule has 5 heteroatoms. The lowest BCUT2D eigenvalue weighted by atomic mass is 10.1. The van der Waals surface area contributed by atoms with Gasteiger partial charge in [0, 0.05) is 25.2 Å². The second kappa shape index (κ2) is 8.37. The molecule has 0 saturated carbocycles. The van der Waals surface area contributed by atoms with Crippen molar-refractivity contribution in [3.05, 3.63) is 0 Å². The number of rotatable bonds is 7. The number of carbonyl (C=O) groups is 2. The lowest BCUT2D eigenvalue weighted by Gasteiger charge is -2.38. The smallest absolute Gasteiger partial charge is 0.237 e. The summed E-state index contributed by atoms with van der Waals surface area (Å²) in [5.41, 5.74) is 0. The number of nitrogens with zero attached hydrogens (tertiary/aromatic N) is 2. The molecule has 0 bridgehead atoms. The third-order valence-corrected chi connectivity index (χ3v) is 4.01. The first-order valence-corrected chi connectivity index (χ1v) is 8.21. The van der Waals surface area contributed by atoms with Gasteiger partial charge in [0.25, 0.3) is 0 Å². The predicted octanol–water partition coefficient (Wildman–Crippen LogP) is 1.62. The third kappa shape index (κ3) is 4.99. The minimum absolute atomic E-state index is 0.0724. The SMILES string of the molecule is CCCCC1C(=O)NCCN1CC(=O)N(C(C)C)C(C)C. The maximum absolute atomic E-state index is 12.6. The number of hydrogen-bond donors (Lipinski definition) is 1. The first-order chi connectivity index (χ1) is 9.88. The number of hydrogen-bond acceptors (Lipinski definition) is 3. The Hall–Kier alpha value is -1.10. The van der Waals surface area contributed by atoms with Crippen LogP contribution >= 0.6 is 0 Å². The minimum atomic E-state index is -0.149. The van der Waals surface area contributed by atoms with Crippen molar-refractivity contribution in [2.45, 2.75) is 72.0 Å². The summed E-state index contributed by atoms with van der Waals surface area (Å²) in [5.74, 6) is 0.194. The summed E-state index contributed by atoms with van der Waals surface area (Å²) in [7, 11) is 0. The fraction of sp³-hybridized carbons (Fsp3) is 0.875. The molecule has 5 nitrogen and oxygen atoms in total. The summed E-state index contributed by atoms with van der Waals surface area (Å²) in [5, 5.41) is 2.91. The van der Waals surface area contributed by atoms with Crippen LogP contribution in [-0.4, -0.2) is 59.4 Å². The van der Waals surface area contributed by atoms with E-state index in [0.29, 0.717) is 13.1 Å². The molecule has 1 atom stereocenters. The van der Waals surface area contributed by atoms with Gasteiger partial charge in [0.1, 0.15) is 0 Å². The molecular weight excluding hydrogens is 266 g/mol. The van der Waals surface area contributed by atoms with Crippen molar-refractivity contribution in [2.75, 3.05) is 19.6 Å². The van der Waals surface area contributed by atoms with E-state index in [2.05, 4.69) is 17.1 Å². The van der Waals surface area contributed by atoms with E-state index in [-0.39, 0.29) is 29.9 Å². The van der Waals surface area contributed by atoms with Gasteiger partial charge in [-0.15, -0.1) is 0 Å². The Morgan fingerprint density at radius 1 is 1.33 bits per heavy atom. The van der Waals surface area contributed by atoms with Gasteiger partial charge in [0.2, 0.25) is 11.8 Å². The molecule has 1 fully saturated rings. The fourth-order valence-electron chi connectivity index (χ4n) is 3.09. The fourth-order valence-corrected chi connectivity index (χ4v) is 3.09. The molecule has 2 amide bonds. The van der Waals surface area contributed by atoms with E-state index in [1.165, 1.54) is 0 Å². The average Bonchev–Trinajstić information content (AvgIpc) is 2.37. The largest absolute Gasteiger partial charge is 0.353 e. The van der Waals surface area contributed by atoms with E-state index < -0.39 is 0 Å². The van der Waals surface area contributed by atoms with Crippen molar-refractivity contribution in [1.29, 1.82) is 0 Å². The number of unbranched alkanes of at least 4 members (excludes halogenated alkanes) is 1. The van der Waals surface area contributed by atoms with Crippen molar-refractivity contribution in [1.82, 2.24) is 15.1 Å². The monoisotopic (exact) mass is 297 g/mol. The molecule has 0 aliphatic carbocycles. The van der Waals surface area contributed by atoms with Crippen LogP contribution in [0, 0.1) is 0 Å². The second-order valence-corrected chi connectivity index (χ2v) is 6.41. The topological polar surface area (TPSA) is 52.7 Å². The normalized spacial score (nSPS) is 20.0. The molecule has 1 N–H and O–H groups in total. The maximum atomic E-state index is 12.6. The predicted molar refractivity (Wildman–Crippen MR) is 85.0 cm³/mol. The number of nitrogens with one attached hydrogen (secondary N) is 1. The molecule has 0 aromatic heterocycles. The number of piperazine rings is 1. The van der Waals surface area contributed by atoms with Gasteiger partial charge in [-0.05, 0) is 34.1 Å². The van der Waals surface area contributed by atoms with Crippen LogP contribution in [0.4, 0.5) is 0 Å². The van der Waals surface area contributed by atoms with E-state index in [1.807, 2.05) is 32.6 Å². The zero-order valence-electron chi connectivity index (χ0n) is 14.2. The highest BCUT2D eigenvalue weighted by molar-refractivity contribution is 5.84. The van der Waals surface area contributed by atoms with Crippen LogP contribution in [0.15, 0.2) is 0 Å². The Labute approximate surface area is 129 Å². The van der Waals surface area contributed by atoms with E-state index >= 15 is 0 Å². The zero-order valence-corrected chi connectivity index (χ0v) is 14.2. The van der Waals surface area contributed by atoms with Gasteiger partial charge >= 0.3 is 0 Å². The maximum Gasteiger partial charge on any atom is 0.237 e. The van der Waals surface area contributed by atoms with Gasteiger partial charge in [-0.2, -0.15) is 0 Å². The van der Waals surface area contributed by atoms with E-state index in [0.717, 1.165) is 25.8 Å². The van der Waals surface area contributed by atoms with Gasteiger partial charge in [-0.1, -0.05) is 19.8 Å². The van der Waals surface area contributed by atoms with Gasteiger partial charge in [0.15, 0.2) is 0 Å². The first-order valence-electron chi connectivity index (χ1n) is 8.21. The van der Waals surface area contributed by atoms with Gasteiger partial charge in [0.05, 0.1) is 12.6 Å². The molecule has 1 saturated heterocycles. The molecule has 0 aromatic carbocycles. The Balaban J connectivity index is 2.72. The molecule has 122 valence electrons. The number of amides is 2. The molecule has 0 aromatic rings. The van der Waals surface area contributed by atoms with Crippen LogP contribution < -0.4 is 5.32 Å². The standard InChI is InChI=1S/C16H31N3O2/c1-6-7-8-14-16(21)17-9-10-18(14)11-15(20)19(12(2)3)13(4)5/h12-14H,6-11H2,1-5H3,(H,17,21). The first kappa shape index (κ1) is 18.0. The van der Waals surface area contributed by atoms with Gasteiger partial charge in [-0.25, -0.2) is 0 Å². The van der Waals surface area contributed by atoms with Gasteiger partial charge in [-0.3, -0.25) is 14.5 Å². The highest BCUT2D eigenvalue weighted by Gasteiger charge is 2.32. The summed E-state index contributed by atoms with van der Waals surface area (Å²) < 4.78 is 0. The molecule has 0 spiro atoms. The van der Waals surface area contributed by atoms with Crippen LogP contribution in [0.3, 0.4) is 0 Å². The molecule has 1 aliphatic rings. The van der Waals surface area contributed by atoms with Gasteiger partial charge < -0.3 is 10.2 Å². The molecule has 1 aliphatic heterocycles. The Kier molecular flexibility index (Phi) is 7.15. The van der Waals surface area contributed by atoms with Crippen molar-refractivity contribution >= 4 is 11.8 Å². The molecule has 21 heavy (non-hydrogen) atoms. The Bertz CT molecular complexity index is 347. The van der Waals surface area contributed by atoms with Crippen molar-refractivity contribution in [3.8, 4) is 0 Å². The third-order valence-electron chi connectivity index (χ3n) is 4.01. The average molecular weight is 297 g/mol. The lowest BCUT2D eigenvalue weighted by Crippen LogP contribution is -2.58. The Morgan fingerprint density at radius 2 is 1.95 bits per heavy atom. The molecule has 1 unspecified atom stereocenters. The quantitative estimate of drug-likeness (QED) is 0.777. The van der Waals surface area contributed by atoms with E-state index in [1.54, 1.807) is 0 Å². The van der Waals surface area contributed by atoms with E-state index in [4.69, 9.17) is 0 Å². The summed E-state index contributed by atoms with van der Waals surface area (Å²) in [4.78, 5) is 28.6. The zero-order chi connectivity index (χ0) is 16.0. The summed E-state index contributed by atoms with van der Waals surface area (Å²) in [6.45, 7) is 12.0. The summed E-state index contributed by atoms with van der Waals surface area (Å²) in [6, 6.07) is 0.222. The Morgan fingerprint density at radius 3 is 2.48 bits per heavy atom. The summed E-state index contributed by atoms with van der Waals surface area (Å²) >= 11 is 0.